The molecule has 0 bridgehead atoms. The quantitative estimate of drug-likeness (QED) is 0.617. The number of hydrogen-bond donors (Lipinski definition) is 2. The fourth-order valence-electron chi connectivity index (χ4n) is 5.91. The van der Waals surface area contributed by atoms with Gasteiger partial charge < -0.3 is 20.1 Å². The molecular formula is C28H32N2O5. The van der Waals surface area contributed by atoms with Gasteiger partial charge in [-0.1, -0.05) is 48.5 Å². The van der Waals surface area contributed by atoms with Gasteiger partial charge in [0.15, 0.2) is 0 Å². The van der Waals surface area contributed by atoms with Gasteiger partial charge in [-0.15, -0.1) is 0 Å². The monoisotopic (exact) mass is 476 g/mol. The van der Waals surface area contributed by atoms with Crippen LogP contribution in [0.3, 0.4) is 0 Å². The van der Waals surface area contributed by atoms with E-state index in [0.717, 1.165) is 25.7 Å². The fraction of sp³-hybridized carbons (Fsp3) is 0.464. The number of piperidine rings is 1. The van der Waals surface area contributed by atoms with E-state index in [2.05, 4.69) is 29.6 Å². The molecule has 35 heavy (non-hydrogen) atoms. The normalized spacial score (nSPS) is 23.1. The molecule has 7 nitrogen and oxygen atoms in total. The van der Waals surface area contributed by atoms with Gasteiger partial charge in [0.25, 0.3) is 0 Å². The summed E-state index contributed by atoms with van der Waals surface area (Å²) in [6.45, 7) is 1.54. The number of carboxylic acids is 1. The van der Waals surface area contributed by atoms with Gasteiger partial charge in [0.05, 0.1) is 0 Å². The van der Waals surface area contributed by atoms with Crippen LogP contribution in [0.1, 0.15) is 55.6 Å². The number of carbonyl (C=O) groups is 3. The minimum absolute atomic E-state index is 0.0320. The molecule has 0 aromatic heterocycles. The van der Waals surface area contributed by atoms with Crippen LogP contribution in [0.5, 0.6) is 0 Å². The van der Waals surface area contributed by atoms with Gasteiger partial charge >= 0.3 is 12.1 Å². The summed E-state index contributed by atoms with van der Waals surface area (Å²) in [4.78, 5) is 38.0. The van der Waals surface area contributed by atoms with Crippen molar-refractivity contribution in [3.8, 4) is 11.1 Å². The number of amides is 2. The van der Waals surface area contributed by atoms with Crippen molar-refractivity contribution in [3.05, 3.63) is 59.7 Å². The Kier molecular flexibility index (Phi) is 6.75. The summed E-state index contributed by atoms with van der Waals surface area (Å²) in [6.07, 6.45) is 3.44. The molecule has 1 aliphatic heterocycles. The molecule has 2 aromatic rings. The number of aliphatic carboxylic acids is 1. The van der Waals surface area contributed by atoms with Crippen molar-refractivity contribution < 1.29 is 24.2 Å². The van der Waals surface area contributed by atoms with Gasteiger partial charge in [-0.3, -0.25) is 9.59 Å². The second kappa shape index (κ2) is 10.1. The van der Waals surface area contributed by atoms with Crippen molar-refractivity contribution in [2.75, 3.05) is 19.7 Å². The predicted octanol–water partition coefficient (Wildman–Crippen LogP) is 4.41. The molecule has 2 aliphatic carbocycles. The smallest absolute Gasteiger partial charge is 0.407 e. The van der Waals surface area contributed by atoms with E-state index in [4.69, 9.17) is 9.84 Å². The highest BCUT2D eigenvalue weighted by atomic mass is 16.5. The topological polar surface area (TPSA) is 95.9 Å². The van der Waals surface area contributed by atoms with Crippen LogP contribution in [0.2, 0.25) is 0 Å². The molecule has 2 aromatic carbocycles. The molecule has 0 radical (unpaired) electrons. The zero-order chi connectivity index (χ0) is 24.4. The Labute approximate surface area is 205 Å². The molecule has 1 saturated heterocycles. The van der Waals surface area contributed by atoms with Crippen molar-refractivity contribution in [3.63, 3.8) is 0 Å². The first-order valence-corrected chi connectivity index (χ1v) is 12.6. The second-order valence-electron chi connectivity index (χ2n) is 10.2. The van der Waals surface area contributed by atoms with Crippen LogP contribution < -0.4 is 5.32 Å². The van der Waals surface area contributed by atoms with Gasteiger partial charge in [0.2, 0.25) is 5.91 Å². The number of fused-ring (bicyclic) bond motifs is 3. The van der Waals surface area contributed by atoms with Crippen LogP contribution in [0.15, 0.2) is 48.5 Å². The average Bonchev–Trinajstić information content (AvgIpc) is 3.15. The highest BCUT2D eigenvalue weighted by molar-refractivity contribution is 5.79. The van der Waals surface area contributed by atoms with E-state index in [1.165, 1.54) is 22.3 Å². The Hall–Kier alpha value is -3.35. The number of nitrogens with one attached hydrogen (secondary N) is 1. The number of rotatable bonds is 7. The third kappa shape index (κ3) is 5.19. The Morgan fingerprint density at radius 1 is 0.943 bits per heavy atom. The van der Waals surface area contributed by atoms with E-state index in [-0.39, 0.29) is 36.1 Å². The largest absolute Gasteiger partial charge is 0.481 e. The average molecular weight is 477 g/mol. The first-order chi connectivity index (χ1) is 17.0. The Balaban J connectivity index is 1.06. The molecule has 0 spiro atoms. The second-order valence-corrected chi connectivity index (χ2v) is 10.2. The van der Waals surface area contributed by atoms with Gasteiger partial charge in [-0.05, 0) is 59.8 Å². The van der Waals surface area contributed by atoms with Crippen LogP contribution in [-0.2, 0) is 14.3 Å². The first kappa shape index (κ1) is 23.4. The van der Waals surface area contributed by atoms with Crippen LogP contribution >= 0.6 is 0 Å². The number of alkyl carbamates (subject to hydrolysis) is 1. The molecular weight excluding hydrogens is 444 g/mol. The SMILES string of the molecule is O=C(O)CC1CCCN(C(=O)CC2CC(NC(=O)OCC3c4ccccc4-c4ccccc43)C2)C1. The van der Waals surface area contributed by atoms with E-state index in [0.29, 0.717) is 26.1 Å². The summed E-state index contributed by atoms with van der Waals surface area (Å²) in [5.74, 6) is -0.361. The zero-order valence-corrected chi connectivity index (χ0v) is 19.8. The van der Waals surface area contributed by atoms with Crippen molar-refractivity contribution in [1.29, 1.82) is 0 Å². The number of carboxylic acid groups (broad SMARTS) is 1. The molecule has 2 fully saturated rings. The summed E-state index contributed by atoms with van der Waals surface area (Å²) in [6, 6.07) is 16.5. The van der Waals surface area contributed by atoms with E-state index in [1.54, 1.807) is 0 Å². The lowest BCUT2D eigenvalue weighted by molar-refractivity contribution is -0.141. The van der Waals surface area contributed by atoms with Crippen LogP contribution in [-0.4, -0.2) is 53.7 Å². The van der Waals surface area contributed by atoms with Gasteiger partial charge in [0.1, 0.15) is 6.61 Å². The number of carbonyl (C=O) groups excluding carboxylic acids is 2. The number of likely N-dealkylation sites (tertiary alicyclic amines) is 1. The summed E-state index contributed by atoms with van der Waals surface area (Å²) in [5.41, 5.74) is 4.78. The molecule has 1 heterocycles. The first-order valence-electron chi connectivity index (χ1n) is 12.6. The number of hydrogen-bond acceptors (Lipinski definition) is 4. The molecule has 1 saturated carbocycles. The maximum Gasteiger partial charge on any atom is 0.407 e. The summed E-state index contributed by atoms with van der Waals surface area (Å²) < 4.78 is 5.63. The molecule has 3 aliphatic rings. The summed E-state index contributed by atoms with van der Waals surface area (Å²) in [7, 11) is 0. The van der Waals surface area contributed by atoms with Crippen molar-refractivity contribution in [1.82, 2.24) is 10.2 Å². The lowest BCUT2D eigenvalue weighted by atomic mass is 9.78. The molecule has 2 amide bonds. The lowest BCUT2D eigenvalue weighted by Gasteiger charge is -2.38. The summed E-state index contributed by atoms with van der Waals surface area (Å²) in [5, 5.41) is 12.0. The third-order valence-electron chi connectivity index (χ3n) is 7.70. The van der Waals surface area contributed by atoms with Crippen LogP contribution in [0.4, 0.5) is 4.79 Å². The minimum atomic E-state index is -0.801. The lowest BCUT2D eigenvalue weighted by Crippen LogP contribution is -2.47. The molecule has 2 N–H and O–H groups in total. The van der Waals surface area contributed by atoms with Gasteiger partial charge in [0, 0.05) is 37.9 Å². The summed E-state index contributed by atoms with van der Waals surface area (Å²) >= 11 is 0. The third-order valence-corrected chi connectivity index (χ3v) is 7.70. The standard InChI is InChI=1S/C28H32N2O5/c31-26(30-11-5-6-18(16-30)15-27(32)33)14-19-12-20(13-19)29-28(34)35-17-25-23-9-3-1-7-21(23)22-8-2-4-10-24(22)25/h1-4,7-10,18-20,25H,5-6,11-17H2,(H,29,34)(H,32,33). The highest BCUT2D eigenvalue weighted by Crippen LogP contribution is 2.44. The zero-order valence-electron chi connectivity index (χ0n) is 19.8. The van der Waals surface area contributed by atoms with Crippen LogP contribution in [0.25, 0.3) is 11.1 Å². The van der Waals surface area contributed by atoms with E-state index in [9.17, 15) is 14.4 Å². The maximum atomic E-state index is 12.7. The van der Waals surface area contributed by atoms with Crippen LogP contribution in [0, 0.1) is 11.8 Å². The Morgan fingerprint density at radius 3 is 2.26 bits per heavy atom. The van der Waals surface area contributed by atoms with E-state index < -0.39 is 12.1 Å². The van der Waals surface area contributed by atoms with E-state index in [1.807, 2.05) is 29.2 Å². The molecule has 184 valence electrons. The molecule has 7 heteroatoms. The van der Waals surface area contributed by atoms with Crippen molar-refractivity contribution >= 4 is 18.0 Å². The number of ether oxygens (including phenoxy) is 1. The minimum Gasteiger partial charge on any atom is -0.481 e. The maximum absolute atomic E-state index is 12.7. The predicted molar refractivity (Wildman–Crippen MR) is 131 cm³/mol. The number of benzene rings is 2. The van der Waals surface area contributed by atoms with Gasteiger partial charge in [-0.25, -0.2) is 4.79 Å². The molecule has 1 atom stereocenters. The van der Waals surface area contributed by atoms with Crippen molar-refractivity contribution in [2.45, 2.75) is 50.5 Å². The Morgan fingerprint density at radius 2 is 1.60 bits per heavy atom. The Bertz CT molecular complexity index is 1060. The fourth-order valence-corrected chi connectivity index (χ4v) is 5.91. The van der Waals surface area contributed by atoms with Crippen molar-refractivity contribution in [2.24, 2.45) is 11.8 Å². The van der Waals surface area contributed by atoms with Gasteiger partial charge in [-0.2, -0.15) is 0 Å². The molecule has 5 rings (SSSR count). The highest BCUT2D eigenvalue weighted by Gasteiger charge is 2.35. The van der Waals surface area contributed by atoms with E-state index >= 15 is 0 Å². The number of nitrogens with zero attached hydrogens (tertiary/aromatic N) is 1. The molecule has 1 unspecified atom stereocenters.